The van der Waals surface area contributed by atoms with Crippen LogP contribution in [0.5, 0.6) is 0 Å². The first-order chi connectivity index (χ1) is 5.86. The third-order valence-corrected chi connectivity index (χ3v) is 1.65. The van der Waals surface area contributed by atoms with Crippen molar-refractivity contribution in [2.24, 2.45) is 0 Å². The molecule has 0 aromatic heterocycles. The highest BCUT2D eigenvalue weighted by Crippen LogP contribution is 2.12. The SMILES string of the molecule is COC1C=CCC(COCO)O1. The summed E-state index contributed by atoms with van der Waals surface area (Å²) < 4.78 is 15.2. The van der Waals surface area contributed by atoms with Gasteiger partial charge in [-0.3, -0.25) is 0 Å². The monoisotopic (exact) mass is 174 g/mol. The summed E-state index contributed by atoms with van der Waals surface area (Å²) >= 11 is 0. The first kappa shape index (κ1) is 9.67. The summed E-state index contributed by atoms with van der Waals surface area (Å²) in [6.07, 6.45) is 4.37. The largest absolute Gasteiger partial charge is 0.371 e. The highest BCUT2D eigenvalue weighted by molar-refractivity contribution is 4.92. The molecule has 0 aliphatic carbocycles. The molecule has 1 rings (SSSR count). The van der Waals surface area contributed by atoms with E-state index in [1.807, 2.05) is 12.2 Å². The number of hydrogen-bond acceptors (Lipinski definition) is 4. The van der Waals surface area contributed by atoms with E-state index in [1.54, 1.807) is 7.11 Å². The lowest BCUT2D eigenvalue weighted by atomic mass is 10.2. The third-order valence-electron chi connectivity index (χ3n) is 1.65. The van der Waals surface area contributed by atoms with Crippen molar-refractivity contribution >= 4 is 0 Å². The third kappa shape index (κ3) is 2.91. The number of aliphatic hydroxyl groups excluding tert-OH is 1. The van der Waals surface area contributed by atoms with Crippen LogP contribution in [0.1, 0.15) is 6.42 Å². The van der Waals surface area contributed by atoms with E-state index < -0.39 is 0 Å². The van der Waals surface area contributed by atoms with Gasteiger partial charge >= 0.3 is 0 Å². The van der Waals surface area contributed by atoms with Gasteiger partial charge in [-0.2, -0.15) is 0 Å². The smallest absolute Gasteiger partial charge is 0.176 e. The van der Waals surface area contributed by atoms with E-state index in [0.29, 0.717) is 6.61 Å². The Labute approximate surface area is 71.7 Å². The summed E-state index contributed by atoms with van der Waals surface area (Å²) in [6, 6.07) is 0. The average Bonchev–Trinajstić information content (AvgIpc) is 2.15. The molecule has 70 valence electrons. The lowest BCUT2D eigenvalue weighted by Crippen LogP contribution is -2.29. The van der Waals surface area contributed by atoms with Gasteiger partial charge in [0.2, 0.25) is 0 Å². The molecule has 1 aliphatic heterocycles. The molecule has 0 radical (unpaired) electrons. The van der Waals surface area contributed by atoms with E-state index in [-0.39, 0.29) is 19.2 Å². The highest BCUT2D eigenvalue weighted by atomic mass is 16.7. The highest BCUT2D eigenvalue weighted by Gasteiger charge is 2.17. The molecule has 0 saturated carbocycles. The van der Waals surface area contributed by atoms with Crippen molar-refractivity contribution < 1.29 is 19.3 Å². The van der Waals surface area contributed by atoms with Gasteiger partial charge in [-0.1, -0.05) is 6.08 Å². The summed E-state index contributed by atoms with van der Waals surface area (Å²) in [7, 11) is 1.59. The van der Waals surface area contributed by atoms with Crippen LogP contribution in [0.15, 0.2) is 12.2 Å². The fourth-order valence-electron chi connectivity index (χ4n) is 1.06. The second-order valence-corrected chi connectivity index (χ2v) is 2.53. The Morgan fingerprint density at radius 2 is 2.50 bits per heavy atom. The Bertz CT molecular complexity index is 146. The molecular formula is C8H14O4. The maximum atomic E-state index is 8.39. The fourth-order valence-corrected chi connectivity index (χ4v) is 1.06. The van der Waals surface area contributed by atoms with Crippen molar-refractivity contribution in [3.63, 3.8) is 0 Å². The second-order valence-electron chi connectivity index (χ2n) is 2.53. The molecule has 0 saturated heterocycles. The summed E-state index contributed by atoms with van der Waals surface area (Å²) in [5, 5.41) is 8.39. The van der Waals surface area contributed by atoms with E-state index in [0.717, 1.165) is 6.42 Å². The molecule has 2 atom stereocenters. The molecule has 0 bridgehead atoms. The average molecular weight is 174 g/mol. The molecule has 1 heterocycles. The van der Waals surface area contributed by atoms with Crippen molar-refractivity contribution in [3.05, 3.63) is 12.2 Å². The number of hydrogen-bond donors (Lipinski definition) is 1. The van der Waals surface area contributed by atoms with E-state index in [2.05, 4.69) is 0 Å². The molecular weight excluding hydrogens is 160 g/mol. The standard InChI is InChI=1S/C8H14O4/c1-10-8-4-2-3-7(12-8)5-11-6-9/h2,4,7-9H,3,5-6H2,1H3. The molecule has 1 N–H and O–H groups in total. The van der Waals surface area contributed by atoms with Gasteiger partial charge in [-0.25, -0.2) is 0 Å². The topological polar surface area (TPSA) is 47.9 Å². The van der Waals surface area contributed by atoms with Gasteiger partial charge in [0.1, 0.15) is 6.79 Å². The predicted molar refractivity (Wildman–Crippen MR) is 42.5 cm³/mol. The Morgan fingerprint density at radius 3 is 3.17 bits per heavy atom. The maximum Gasteiger partial charge on any atom is 0.176 e. The number of aliphatic hydroxyl groups is 1. The number of rotatable bonds is 4. The van der Waals surface area contributed by atoms with Crippen LogP contribution in [0.25, 0.3) is 0 Å². The zero-order valence-electron chi connectivity index (χ0n) is 7.10. The lowest BCUT2D eigenvalue weighted by Gasteiger charge is -2.24. The van der Waals surface area contributed by atoms with Crippen LogP contribution >= 0.6 is 0 Å². The normalized spacial score (nSPS) is 29.2. The second kappa shape index (κ2) is 5.27. The van der Waals surface area contributed by atoms with Gasteiger partial charge in [0.05, 0.1) is 12.7 Å². The van der Waals surface area contributed by atoms with Crippen molar-refractivity contribution in [1.29, 1.82) is 0 Å². The number of methoxy groups -OCH3 is 1. The molecule has 0 fully saturated rings. The van der Waals surface area contributed by atoms with Crippen molar-refractivity contribution in [2.45, 2.75) is 18.8 Å². The summed E-state index contributed by atoms with van der Waals surface area (Å²) in [4.78, 5) is 0. The minimum absolute atomic E-state index is 0.00731. The summed E-state index contributed by atoms with van der Waals surface area (Å²) in [5.41, 5.74) is 0. The van der Waals surface area contributed by atoms with Crippen LogP contribution in [0.3, 0.4) is 0 Å². The molecule has 0 aromatic carbocycles. The van der Waals surface area contributed by atoms with Crippen molar-refractivity contribution in [2.75, 3.05) is 20.5 Å². The molecule has 12 heavy (non-hydrogen) atoms. The number of ether oxygens (including phenoxy) is 3. The minimum Gasteiger partial charge on any atom is -0.371 e. The van der Waals surface area contributed by atoms with Gasteiger partial charge in [0.25, 0.3) is 0 Å². The van der Waals surface area contributed by atoms with Crippen LogP contribution in [0, 0.1) is 0 Å². The van der Waals surface area contributed by atoms with Gasteiger partial charge in [0.15, 0.2) is 6.29 Å². The Hall–Kier alpha value is -0.420. The first-order valence-corrected chi connectivity index (χ1v) is 3.90. The molecule has 0 aromatic rings. The fraction of sp³-hybridized carbons (Fsp3) is 0.750. The molecule has 4 heteroatoms. The van der Waals surface area contributed by atoms with Gasteiger partial charge in [-0.15, -0.1) is 0 Å². The van der Waals surface area contributed by atoms with Crippen molar-refractivity contribution in [3.8, 4) is 0 Å². The summed E-state index contributed by atoms with van der Waals surface area (Å²) in [5.74, 6) is 0. The van der Waals surface area contributed by atoms with Crippen LogP contribution < -0.4 is 0 Å². The quantitative estimate of drug-likeness (QED) is 0.491. The molecule has 4 nitrogen and oxygen atoms in total. The summed E-state index contributed by atoms with van der Waals surface area (Å²) in [6.45, 7) is 0.141. The minimum atomic E-state index is -0.272. The zero-order valence-corrected chi connectivity index (χ0v) is 7.10. The Balaban J connectivity index is 2.24. The first-order valence-electron chi connectivity index (χ1n) is 3.90. The van der Waals surface area contributed by atoms with E-state index in [4.69, 9.17) is 19.3 Å². The molecule has 0 amide bonds. The Morgan fingerprint density at radius 1 is 1.67 bits per heavy atom. The lowest BCUT2D eigenvalue weighted by molar-refractivity contribution is -0.156. The van der Waals surface area contributed by atoms with Crippen LogP contribution in [0.2, 0.25) is 0 Å². The Kier molecular flexibility index (Phi) is 4.24. The van der Waals surface area contributed by atoms with Crippen LogP contribution in [-0.2, 0) is 14.2 Å². The van der Waals surface area contributed by atoms with E-state index >= 15 is 0 Å². The molecule has 1 aliphatic rings. The molecule has 2 unspecified atom stereocenters. The van der Waals surface area contributed by atoms with E-state index in [1.165, 1.54) is 0 Å². The van der Waals surface area contributed by atoms with Gasteiger partial charge in [-0.05, 0) is 12.5 Å². The van der Waals surface area contributed by atoms with Crippen LogP contribution in [0.4, 0.5) is 0 Å². The maximum absolute atomic E-state index is 8.39. The molecule has 0 spiro atoms. The predicted octanol–water partition coefficient (Wildman–Crippen LogP) is 0.270. The van der Waals surface area contributed by atoms with E-state index in [9.17, 15) is 0 Å². The van der Waals surface area contributed by atoms with Gasteiger partial charge < -0.3 is 19.3 Å². The van der Waals surface area contributed by atoms with Crippen molar-refractivity contribution in [1.82, 2.24) is 0 Å². The zero-order chi connectivity index (χ0) is 8.81. The van der Waals surface area contributed by atoms with Gasteiger partial charge in [0, 0.05) is 7.11 Å². The van der Waals surface area contributed by atoms with Crippen LogP contribution in [-0.4, -0.2) is 38.0 Å².